The number of pyridine rings is 1. The highest BCUT2D eigenvalue weighted by molar-refractivity contribution is 6.05. The number of aryl methyl sites for hydroxylation is 1. The number of carbonyl (C=O) groups is 1. The third-order valence-corrected chi connectivity index (χ3v) is 4.85. The van der Waals surface area contributed by atoms with E-state index in [9.17, 15) is 4.79 Å². The summed E-state index contributed by atoms with van der Waals surface area (Å²) < 4.78 is 7.06. The SMILES string of the molecule is CC1(C)CCc2onc(CNC(=O)c3c(N)nn4ccccc34)c2C1. The quantitative estimate of drug-likeness (QED) is 0.763. The molecule has 0 bridgehead atoms. The first-order valence-corrected chi connectivity index (χ1v) is 8.42. The molecule has 3 aromatic heterocycles. The molecule has 1 aliphatic carbocycles. The number of carbonyl (C=O) groups excluding carboxylic acids is 1. The predicted octanol–water partition coefficient (Wildman–Crippen LogP) is 2.35. The maximum atomic E-state index is 12.6. The Kier molecular flexibility index (Phi) is 3.52. The van der Waals surface area contributed by atoms with E-state index in [4.69, 9.17) is 10.3 Å². The second-order valence-electron chi connectivity index (χ2n) is 7.35. The van der Waals surface area contributed by atoms with Crippen LogP contribution in [0, 0.1) is 5.41 Å². The Labute approximate surface area is 145 Å². The van der Waals surface area contributed by atoms with Gasteiger partial charge in [-0.2, -0.15) is 0 Å². The second-order valence-corrected chi connectivity index (χ2v) is 7.35. The number of nitrogen functional groups attached to an aromatic ring is 1. The zero-order valence-corrected chi connectivity index (χ0v) is 14.4. The van der Waals surface area contributed by atoms with Crippen molar-refractivity contribution in [3.8, 4) is 0 Å². The van der Waals surface area contributed by atoms with Crippen molar-refractivity contribution in [3.63, 3.8) is 0 Å². The van der Waals surface area contributed by atoms with Crippen molar-refractivity contribution in [3.05, 3.63) is 47.0 Å². The number of aromatic nitrogens is 3. The Bertz CT molecular complexity index is 954. The smallest absolute Gasteiger partial charge is 0.257 e. The third kappa shape index (κ3) is 2.75. The van der Waals surface area contributed by atoms with Crippen LogP contribution in [0.1, 0.15) is 47.6 Å². The fourth-order valence-corrected chi connectivity index (χ4v) is 3.44. The number of nitrogens with one attached hydrogen (secondary N) is 1. The number of hydrogen-bond donors (Lipinski definition) is 2. The van der Waals surface area contributed by atoms with Gasteiger partial charge in [0.1, 0.15) is 17.0 Å². The lowest BCUT2D eigenvalue weighted by molar-refractivity contribution is 0.0952. The lowest BCUT2D eigenvalue weighted by Gasteiger charge is -2.28. The Morgan fingerprint density at radius 1 is 1.44 bits per heavy atom. The highest BCUT2D eigenvalue weighted by atomic mass is 16.5. The topological polar surface area (TPSA) is 98.5 Å². The van der Waals surface area contributed by atoms with E-state index in [0.29, 0.717) is 17.6 Å². The van der Waals surface area contributed by atoms with Crippen molar-refractivity contribution in [1.82, 2.24) is 20.1 Å². The first-order chi connectivity index (χ1) is 11.9. The summed E-state index contributed by atoms with van der Waals surface area (Å²) in [6.07, 6.45) is 4.65. The van der Waals surface area contributed by atoms with Crippen LogP contribution in [0.25, 0.3) is 5.52 Å². The van der Waals surface area contributed by atoms with Crippen LogP contribution in [-0.2, 0) is 19.4 Å². The van der Waals surface area contributed by atoms with Crippen molar-refractivity contribution in [2.75, 3.05) is 5.73 Å². The van der Waals surface area contributed by atoms with Crippen molar-refractivity contribution < 1.29 is 9.32 Å². The van der Waals surface area contributed by atoms with Crippen LogP contribution in [-0.4, -0.2) is 20.7 Å². The van der Waals surface area contributed by atoms with Gasteiger partial charge >= 0.3 is 0 Å². The summed E-state index contributed by atoms with van der Waals surface area (Å²) in [6, 6.07) is 5.51. The second kappa shape index (κ2) is 5.61. The summed E-state index contributed by atoms with van der Waals surface area (Å²) in [4.78, 5) is 12.6. The molecule has 0 saturated heterocycles. The molecule has 3 N–H and O–H groups in total. The number of anilines is 1. The van der Waals surface area contributed by atoms with Crippen LogP contribution >= 0.6 is 0 Å². The average Bonchev–Trinajstić information content (AvgIpc) is 3.11. The van der Waals surface area contributed by atoms with Crippen LogP contribution in [0.3, 0.4) is 0 Å². The summed E-state index contributed by atoms with van der Waals surface area (Å²) in [7, 11) is 0. The van der Waals surface area contributed by atoms with Gasteiger partial charge in [-0.05, 0) is 30.4 Å². The van der Waals surface area contributed by atoms with Gasteiger partial charge in [0.05, 0.1) is 12.1 Å². The molecule has 0 saturated carbocycles. The Morgan fingerprint density at radius 2 is 2.28 bits per heavy atom. The number of fused-ring (bicyclic) bond motifs is 2. The minimum absolute atomic E-state index is 0.215. The summed E-state index contributed by atoms with van der Waals surface area (Å²) in [5.74, 6) is 0.900. The van der Waals surface area contributed by atoms with E-state index in [0.717, 1.165) is 36.3 Å². The Hall–Kier alpha value is -2.83. The van der Waals surface area contributed by atoms with Gasteiger partial charge in [-0.15, -0.1) is 5.10 Å². The number of nitrogens with zero attached hydrogens (tertiary/aromatic N) is 3. The van der Waals surface area contributed by atoms with Crippen molar-refractivity contribution in [2.45, 2.75) is 39.7 Å². The van der Waals surface area contributed by atoms with E-state index < -0.39 is 0 Å². The predicted molar refractivity (Wildman–Crippen MR) is 93.1 cm³/mol. The highest BCUT2D eigenvalue weighted by Gasteiger charge is 2.30. The first kappa shape index (κ1) is 15.7. The molecule has 4 rings (SSSR count). The fraction of sp³-hybridized carbons (Fsp3) is 0.389. The number of amides is 1. The first-order valence-electron chi connectivity index (χ1n) is 8.42. The normalized spacial score (nSPS) is 15.9. The molecule has 25 heavy (non-hydrogen) atoms. The molecule has 130 valence electrons. The summed E-state index contributed by atoms with van der Waals surface area (Å²) in [5.41, 5.74) is 9.14. The van der Waals surface area contributed by atoms with Crippen LogP contribution < -0.4 is 11.1 Å². The van der Waals surface area contributed by atoms with Crippen LogP contribution in [0.4, 0.5) is 5.82 Å². The van der Waals surface area contributed by atoms with Gasteiger partial charge in [0, 0.05) is 18.2 Å². The van der Waals surface area contributed by atoms with E-state index in [1.807, 2.05) is 18.2 Å². The van der Waals surface area contributed by atoms with E-state index in [1.165, 1.54) is 0 Å². The summed E-state index contributed by atoms with van der Waals surface area (Å²) in [5, 5.41) is 11.2. The number of nitrogens with two attached hydrogens (primary N) is 1. The minimum atomic E-state index is -0.259. The lowest BCUT2D eigenvalue weighted by Crippen LogP contribution is -2.26. The van der Waals surface area contributed by atoms with Gasteiger partial charge in [0.25, 0.3) is 5.91 Å². The average molecular weight is 339 g/mol. The molecule has 0 aromatic carbocycles. The molecule has 3 aromatic rings. The van der Waals surface area contributed by atoms with Crippen LogP contribution in [0.5, 0.6) is 0 Å². The molecule has 0 atom stereocenters. The van der Waals surface area contributed by atoms with Gasteiger partial charge in [-0.3, -0.25) is 4.79 Å². The maximum Gasteiger partial charge on any atom is 0.257 e. The number of rotatable bonds is 3. The molecule has 0 aliphatic heterocycles. The number of hydrogen-bond acceptors (Lipinski definition) is 5. The van der Waals surface area contributed by atoms with Crippen LogP contribution in [0.2, 0.25) is 0 Å². The Morgan fingerprint density at radius 3 is 3.12 bits per heavy atom. The zero-order valence-electron chi connectivity index (χ0n) is 14.4. The molecule has 3 heterocycles. The van der Waals surface area contributed by atoms with Gasteiger partial charge in [0.15, 0.2) is 5.82 Å². The van der Waals surface area contributed by atoms with E-state index >= 15 is 0 Å². The van der Waals surface area contributed by atoms with Gasteiger partial charge in [-0.25, -0.2) is 4.52 Å². The lowest BCUT2D eigenvalue weighted by atomic mass is 9.76. The molecule has 1 aliphatic rings. The van der Waals surface area contributed by atoms with E-state index in [1.54, 1.807) is 10.7 Å². The molecule has 7 heteroatoms. The molecule has 1 amide bonds. The molecular formula is C18H21N5O2. The summed E-state index contributed by atoms with van der Waals surface area (Å²) in [6.45, 7) is 4.80. The van der Waals surface area contributed by atoms with Gasteiger partial charge in [0.2, 0.25) is 0 Å². The standard InChI is InChI=1S/C18H21N5O2/c1-18(2)7-6-14-11(9-18)12(22-25-14)10-20-17(24)15-13-5-3-4-8-23(13)21-16(15)19/h3-5,8H,6-7,9-10H2,1-2H3,(H2,19,21)(H,20,24). The fourth-order valence-electron chi connectivity index (χ4n) is 3.44. The van der Waals surface area contributed by atoms with E-state index in [-0.39, 0.29) is 17.1 Å². The largest absolute Gasteiger partial charge is 0.382 e. The molecule has 0 fully saturated rings. The molecule has 7 nitrogen and oxygen atoms in total. The van der Waals surface area contributed by atoms with Crippen molar-refractivity contribution in [2.24, 2.45) is 5.41 Å². The van der Waals surface area contributed by atoms with Crippen molar-refractivity contribution >= 4 is 17.2 Å². The van der Waals surface area contributed by atoms with Crippen LogP contribution in [0.15, 0.2) is 28.9 Å². The maximum absolute atomic E-state index is 12.6. The monoisotopic (exact) mass is 339 g/mol. The summed E-state index contributed by atoms with van der Waals surface area (Å²) >= 11 is 0. The van der Waals surface area contributed by atoms with Gasteiger partial charge < -0.3 is 15.6 Å². The molecular weight excluding hydrogens is 318 g/mol. The molecule has 0 radical (unpaired) electrons. The minimum Gasteiger partial charge on any atom is -0.382 e. The molecule has 0 unspecified atom stereocenters. The Balaban J connectivity index is 1.55. The van der Waals surface area contributed by atoms with Gasteiger partial charge in [-0.1, -0.05) is 25.1 Å². The third-order valence-electron chi connectivity index (χ3n) is 4.85. The molecule has 0 spiro atoms. The van der Waals surface area contributed by atoms with Crippen molar-refractivity contribution in [1.29, 1.82) is 0 Å². The highest BCUT2D eigenvalue weighted by Crippen LogP contribution is 2.36. The van der Waals surface area contributed by atoms with E-state index in [2.05, 4.69) is 29.4 Å². The zero-order chi connectivity index (χ0) is 17.6.